The van der Waals surface area contributed by atoms with E-state index in [2.05, 4.69) is 40.3 Å². The molecule has 0 spiro atoms. The minimum absolute atomic E-state index is 0.217. The Morgan fingerprint density at radius 3 is 2.70 bits per heavy atom. The second-order valence-corrected chi connectivity index (χ2v) is 5.92. The van der Waals surface area contributed by atoms with Crippen LogP contribution in [0.15, 0.2) is 53.6 Å². The van der Waals surface area contributed by atoms with Crippen LogP contribution < -0.4 is 10.5 Å². The maximum absolute atomic E-state index is 7.08. The lowest BCUT2D eigenvalue weighted by atomic mass is 10.1. The smallest absolute Gasteiger partial charge is 0.124 e. The number of ether oxygens (including phenoxy) is 1. The Morgan fingerprint density at radius 1 is 1.17 bits per heavy atom. The predicted octanol–water partition coefficient (Wildman–Crippen LogP) is 3.63. The summed E-state index contributed by atoms with van der Waals surface area (Å²) in [6.07, 6.45) is 2.50. The molecule has 0 aromatic heterocycles. The average molecular weight is 310 g/mol. The van der Waals surface area contributed by atoms with Gasteiger partial charge in [0, 0.05) is 19.2 Å². The molecule has 0 atom stereocenters. The number of rotatable bonds is 7. The maximum atomic E-state index is 7.08. The van der Waals surface area contributed by atoms with Crippen LogP contribution in [0.4, 0.5) is 11.4 Å². The minimum Gasteiger partial charge on any atom is -0.488 e. The summed E-state index contributed by atoms with van der Waals surface area (Å²) in [6.45, 7) is 3.00. The van der Waals surface area contributed by atoms with E-state index in [1.54, 1.807) is 12.1 Å². The van der Waals surface area contributed by atoms with Gasteiger partial charge in [0.25, 0.3) is 0 Å². The fraction of sp³-hybridized carbons (Fsp3) is 0.333. The molecule has 0 bridgehead atoms. The molecule has 1 aliphatic heterocycles. The molecule has 2 aromatic rings. The molecule has 3 N–H and O–H groups in total. The molecule has 3 rings (SSSR count). The minimum atomic E-state index is 0.217. The quantitative estimate of drug-likeness (QED) is 0.606. The Labute approximate surface area is 136 Å². The molecule has 0 aliphatic carbocycles. The highest BCUT2D eigenvalue weighted by Crippen LogP contribution is 2.28. The van der Waals surface area contributed by atoms with Gasteiger partial charge in [-0.25, -0.2) is 5.53 Å². The van der Waals surface area contributed by atoms with Crippen LogP contribution in [0.3, 0.4) is 0 Å². The highest BCUT2D eigenvalue weighted by Gasteiger charge is 2.27. The van der Waals surface area contributed by atoms with Crippen molar-refractivity contribution >= 4 is 11.4 Å². The molecule has 23 heavy (non-hydrogen) atoms. The summed E-state index contributed by atoms with van der Waals surface area (Å²) in [5.41, 5.74) is 15.2. The van der Waals surface area contributed by atoms with Crippen LogP contribution in [0, 0.1) is 5.53 Å². The summed E-state index contributed by atoms with van der Waals surface area (Å²) in [4.78, 5) is 2.40. The number of nitrogens with one attached hydrogen (secondary N) is 1. The molecule has 1 aliphatic rings. The van der Waals surface area contributed by atoms with Gasteiger partial charge in [-0.05, 0) is 37.1 Å². The monoisotopic (exact) mass is 310 g/mol. The second kappa shape index (κ2) is 7.24. The van der Waals surface area contributed by atoms with Crippen molar-refractivity contribution in [3.63, 3.8) is 0 Å². The van der Waals surface area contributed by atoms with Gasteiger partial charge in [-0.3, -0.25) is 4.90 Å². The summed E-state index contributed by atoms with van der Waals surface area (Å²) in [5.74, 6) is 0.735. The van der Waals surface area contributed by atoms with Crippen LogP contribution in [-0.2, 0) is 6.42 Å². The van der Waals surface area contributed by atoms with Crippen LogP contribution in [-0.4, -0.2) is 30.6 Å². The van der Waals surface area contributed by atoms with E-state index in [-0.39, 0.29) is 6.10 Å². The Bertz CT molecular complexity index is 653. The van der Waals surface area contributed by atoms with Crippen molar-refractivity contribution in [2.75, 3.05) is 25.4 Å². The Morgan fingerprint density at radius 2 is 1.96 bits per heavy atom. The average Bonchev–Trinajstić information content (AvgIpc) is 2.55. The Hall–Kier alpha value is -2.40. The van der Waals surface area contributed by atoms with Crippen LogP contribution in [0.2, 0.25) is 0 Å². The van der Waals surface area contributed by atoms with Crippen molar-refractivity contribution in [2.45, 2.75) is 18.9 Å². The number of nitrogens with two attached hydrogens (primary N) is 1. The van der Waals surface area contributed by atoms with Crippen molar-refractivity contribution in [2.24, 2.45) is 5.11 Å². The highest BCUT2D eigenvalue weighted by molar-refractivity contribution is 5.64. The van der Waals surface area contributed by atoms with Crippen molar-refractivity contribution in [3.8, 4) is 5.75 Å². The van der Waals surface area contributed by atoms with Crippen molar-refractivity contribution in [1.82, 2.24) is 4.90 Å². The molecular weight excluding hydrogens is 288 g/mol. The van der Waals surface area contributed by atoms with Gasteiger partial charge in [-0.15, -0.1) is 0 Å². The van der Waals surface area contributed by atoms with E-state index in [0.717, 1.165) is 31.8 Å². The number of benzene rings is 2. The third-order valence-corrected chi connectivity index (χ3v) is 4.13. The number of hydrogen-bond donors (Lipinski definition) is 2. The molecule has 5 nitrogen and oxygen atoms in total. The molecule has 1 heterocycles. The largest absolute Gasteiger partial charge is 0.488 e. The van der Waals surface area contributed by atoms with Gasteiger partial charge in [0.05, 0.1) is 5.69 Å². The van der Waals surface area contributed by atoms with Gasteiger partial charge < -0.3 is 10.5 Å². The van der Waals surface area contributed by atoms with E-state index in [4.69, 9.17) is 16.0 Å². The summed E-state index contributed by atoms with van der Waals surface area (Å²) in [6, 6.07) is 15.9. The molecule has 1 fully saturated rings. The number of aryl methyl sites for hydroxylation is 1. The van der Waals surface area contributed by atoms with E-state index in [1.807, 2.05) is 6.07 Å². The first-order valence-electron chi connectivity index (χ1n) is 7.94. The highest BCUT2D eigenvalue weighted by atomic mass is 16.5. The van der Waals surface area contributed by atoms with Crippen LogP contribution in [0.5, 0.6) is 5.75 Å². The molecule has 0 unspecified atom stereocenters. The first-order valence-corrected chi connectivity index (χ1v) is 7.94. The van der Waals surface area contributed by atoms with E-state index in [9.17, 15) is 0 Å². The number of hydrogen-bond acceptors (Lipinski definition) is 5. The summed E-state index contributed by atoms with van der Waals surface area (Å²) in [5, 5.41) is 3.40. The van der Waals surface area contributed by atoms with E-state index in [0.29, 0.717) is 11.4 Å². The second-order valence-electron chi connectivity index (χ2n) is 5.92. The SMILES string of the molecule is N=Nc1cc(OC2CN(CCCc3ccccc3)C2)ccc1N. The standard InChI is InChI=1S/C18H22N4O/c19-17-9-8-15(11-18(17)21-20)23-16-12-22(13-16)10-4-7-14-5-2-1-3-6-14/h1-3,5-6,8-9,11,16,20H,4,7,10,12-13,19H2. The third-order valence-electron chi connectivity index (χ3n) is 4.13. The summed E-state index contributed by atoms with van der Waals surface area (Å²) >= 11 is 0. The zero-order valence-corrected chi connectivity index (χ0v) is 13.1. The molecule has 0 amide bonds. The van der Waals surface area contributed by atoms with E-state index >= 15 is 0 Å². The first-order chi connectivity index (χ1) is 11.2. The van der Waals surface area contributed by atoms with Crippen molar-refractivity contribution in [3.05, 3.63) is 54.1 Å². The molecule has 120 valence electrons. The first kappa shape index (κ1) is 15.5. The van der Waals surface area contributed by atoms with Gasteiger partial charge in [-0.2, -0.15) is 5.11 Å². The van der Waals surface area contributed by atoms with Gasteiger partial charge in [-0.1, -0.05) is 30.3 Å². The van der Waals surface area contributed by atoms with Gasteiger partial charge in [0.1, 0.15) is 17.5 Å². The Balaban J connectivity index is 1.39. The number of anilines is 1. The maximum Gasteiger partial charge on any atom is 0.124 e. The Kier molecular flexibility index (Phi) is 4.88. The molecule has 5 heteroatoms. The molecule has 0 saturated carbocycles. The van der Waals surface area contributed by atoms with E-state index in [1.165, 1.54) is 12.0 Å². The number of nitrogen functional groups attached to an aromatic ring is 1. The summed E-state index contributed by atoms with van der Waals surface area (Å²) in [7, 11) is 0. The molecule has 0 radical (unpaired) electrons. The number of likely N-dealkylation sites (tertiary alicyclic amines) is 1. The molecular formula is C18H22N4O. The van der Waals surface area contributed by atoms with Gasteiger partial charge in [0.15, 0.2) is 0 Å². The van der Waals surface area contributed by atoms with Gasteiger partial charge >= 0.3 is 0 Å². The lowest BCUT2D eigenvalue weighted by molar-refractivity contribution is 0.0195. The lowest BCUT2D eigenvalue weighted by Crippen LogP contribution is -2.53. The van der Waals surface area contributed by atoms with Gasteiger partial charge in [0.2, 0.25) is 0 Å². The van der Waals surface area contributed by atoms with Crippen LogP contribution in [0.1, 0.15) is 12.0 Å². The fourth-order valence-electron chi connectivity index (χ4n) is 2.82. The molecule has 1 saturated heterocycles. The van der Waals surface area contributed by atoms with Crippen LogP contribution >= 0.6 is 0 Å². The number of nitrogens with zero attached hydrogens (tertiary/aromatic N) is 2. The topological polar surface area (TPSA) is 74.7 Å². The normalized spacial score (nSPS) is 15.1. The molecule has 2 aromatic carbocycles. The third kappa shape index (κ3) is 4.07. The van der Waals surface area contributed by atoms with Crippen LogP contribution in [0.25, 0.3) is 0 Å². The lowest BCUT2D eigenvalue weighted by Gasteiger charge is -2.39. The zero-order chi connectivity index (χ0) is 16.1. The summed E-state index contributed by atoms with van der Waals surface area (Å²) < 4.78 is 5.90. The van der Waals surface area contributed by atoms with E-state index < -0.39 is 0 Å². The predicted molar refractivity (Wildman–Crippen MR) is 91.3 cm³/mol. The van der Waals surface area contributed by atoms with Crippen molar-refractivity contribution in [1.29, 1.82) is 5.53 Å². The fourth-order valence-corrected chi connectivity index (χ4v) is 2.82. The van der Waals surface area contributed by atoms with Crippen molar-refractivity contribution < 1.29 is 4.74 Å². The zero-order valence-electron chi connectivity index (χ0n) is 13.1.